The molecule has 1 atom stereocenters. The highest BCUT2D eigenvalue weighted by molar-refractivity contribution is 7.99. The van der Waals surface area contributed by atoms with E-state index >= 15 is 0 Å². The van der Waals surface area contributed by atoms with E-state index in [1.807, 2.05) is 6.26 Å². The number of carbonyl (C=O) groups excluding carboxylic acids is 1. The Labute approximate surface area is 134 Å². The minimum Gasteiger partial charge on any atom is -0.396 e. The lowest BCUT2D eigenvalue weighted by Gasteiger charge is -2.20. The molecule has 0 saturated carbocycles. The second kappa shape index (κ2) is 6.89. The quantitative estimate of drug-likeness (QED) is 0.812. The summed E-state index contributed by atoms with van der Waals surface area (Å²) in [5.74, 6) is -0.0289. The molecule has 2 heterocycles. The Kier molecular flexibility index (Phi) is 5.40. The summed E-state index contributed by atoms with van der Waals surface area (Å²) >= 11 is 3.06. The van der Waals surface area contributed by atoms with Crippen molar-refractivity contribution in [1.29, 1.82) is 0 Å². The number of anilines is 2. The third-order valence-electron chi connectivity index (χ3n) is 3.87. The smallest absolute Gasteiger partial charge is 0.265 e. The van der Waals surface area contributed by atoms with Gasteiger partial charge in [-0.05, 0) is 32.7 Å². The van der Waals surface area contributed by atoms with Gasteiger partial charge in [-0.3, -0.25) is 4.79 Å². The molecule has 2 rings (SSSR count). The highest BCUT2D eigenvalue weighted by Gasteiger charge is 2.24. The van der Waals surface area contributed by atoms with Crippen molar-refractivity contribution in [2.45, 2.75) is 23.8 Å². The van der Waals surface area contributed by atoms with Crippen LogP contribution in [0.1, 0.15) is 22.5 Å². The predicted molar refractivity (Wildman–Crippen MR) is 92.7 cm³/mol. The summed E-state index contributed by atoms with van der Waals surface area (Å²) in [6, 6.07) is 0.566. The van der Waals surface area contributed by atoms with Gasteiger partial charge in [0.05, 0.1) is 10.6 Å². The number of nitrogens with one attached hydrogen (secondary N) is 1. The number of thioether (sulfide) groups is 1. The van der Waals surface area contributed by atoms with E-state index in [1.54, 1.807) is 30.8 Å². The maximum absolute atomic E-state index is 12.2. The Bertz CT molecular complexity index is 515. The summed E-state index contributed by atoms with van der Waals surface area (Å²) in [6.45, 7) is 2.07. The van der Waals surface area contributed by atoms with Crippen molar-refractivity contribution in [3.63, 3.8) is 0 Å². The largest absolute Gasteiger partial charge is 0.396 e. The molecule has 0 spiro atoms. The second-order valence-electron chi connectivity index (χ2n) is 5.56. The van der Waals surface area contributed by atoms with Gasteiger partial charge in [0, 0.05) is 26.7 Å². The van der Waals surface area contributed by atoms with E-state index in [0.717, 1.165) is 16.4 Å². The Morgan fingerprint density at radius 1 is 1.57 bits per heavy atom. The molecule has 21 heavy (non-hydrogen) atoms. The molecule has 1 unspecified atom stereocenters. The molecule has 1 aromatic heterocycles. The Morgan fingerprint density at radius 2 is 2.29 bits per heavy atom. The number of nitrogens with zero attached hydrogens (tertiary/aromatic N) is 2. The van der Waals surface area contributed by atoms with Crippen LogP contribution >= 0.6 is 23.1 Å². The molecular weight excluding hydrogens is 304 g/mol. The van der Waals surface area contributed by atoms with Crippen LogP contribution in [0.25, 0.3) is 0 Å². The first kappa shape index (κ1) is 16.5. The van der Waals surface area contributed by atoms with E-state index in [-0.39, 0.29) is 5.91 Å². The average Bonchev–Trinajstić information content (AvgIpc) is 2.99. The molecule has 1 saturated heterocycles. The first-order valence-electron chi connectivity index (χ1n) is 7.07. The van der Waals surface area contributed by atoms with Gasteiger partial charge in [-0.1, -0.05) is 0 Å². The molecule has 7 heteroatoms. The zero-order valence-electron chi connectivity index (χ0n) is 13.1. The van der Waals surface area contributed by atoms with Crippen LogP contribution < -0.4 is 11.1 Å². The van der Waals surface area contributed by atoms with Crippen molar-refractivity contribution in [3.8, 4) is 0 Å². The van der Waals surface area contributed by atoms with Crippen LogP contribution in [0.4, 0.5) is 10.7 Å². The fraction of sp³-hybridized carbons (Fsp3) is 0.643. The minimum atomic E-state index is -0.0289. The van der Waals surface area contributed by atoms with Gasteiger partial charge in [-0.2, -0.15) is 0 Å². The van der Waals surface area contributed by atoms with E-state index < -0.39 is 0 Å². The monoisotopic (exact) mass is 328 g/mol. The first-order chi connectivity index (χ1) is 9.95. The molecular formula is C14H24N4OS2. The molecule has 1 aliphatic heterocycles. The number of hydrogen-bond acceptors (Lipinski definition) is 6. The molecule has 5 nitrogen and oxygen atoms in total. The van der Waals surface area contributed by atoms with Gasteiger partial charge in [0.25, 0.3) is 5.91 Å². The maximum atomic E-state index is 12.2. The van der Waals surface area contributed by atoms with E-state index in [9.17, 15) is 4.79 Å². The number of rotatable bonds is 5. The summed E-state index contributed by atoms with van der Waals surface area (Å²) in [5.41, 5.74) is 6.76. The predicted octanol–water partition coefficient (Wildman–Crippen LogP) is 2.26. The molecule has 1 fully saturated rings. The molecule has 118 valence electrons. The highest BCUT2D eigenvalue weighted by Crippen LogP contribution is 2.42. The van der Waals surface area contributed by atoms with Crippen molar-refractivity contribution < 1.29 is 4.79 Å². The van der Waals surface area contributed by atoms with Gasteiger partial charge < -0.3 is 20.9 Å². The second-order valence-corrected chi connectivity index (χ2v) is 7.40. The lowest BCUT2D eigenvalue weighted by atomic mass is 10.2. The number of hydrogen-bond donors (Lipinski definition) is 2. The summed E-state index contributed by atoms with van der Waals surface area (Å²) in [4.78, 5) is 17.7. The third kappa shape index (κ3) is 3.46. The Morgan fingerprint density at radius 3 is 2.81 bits per heavy atom. The van der Waals surface area contributed by atoms with Crippen LogP contribution in [0.5, 0.6) is 0 Å². The van der Waals surface area contributed by atoms with Gasteiger partial charge in [0.1, 0.15) is 9.88 Å². The van der Waals surface area contributed by atoms with Gasteiger partial charge >= 0.3 is 0 Å². The van der Waals surface area contributed by atoms with Gasteiger partial charge in [-0.15, -0.1) is 23.1 Å². The lowest BCUT2D eigenvalue weighted by Crippen LogP contribution is -2.31. The van der Waals surface area contributed by atoms with E-state index in [0.29, 0.717) is 16.6 Å². The number of nitrogen functional groups attached to an aromatic ring is 1. The highest BCUT2D eigenvalue weighted by atomic mass is 32.2. The SMILES string of the molecule is CSc1c(NCC2CCCN2C)sc(C(=O)N(C)C)c1N. The molecule has 1 aromatic rings. The molecule has 0 aromatic carbocycles. The fourth-order valence-electron chi connectivity index (χ4n) is 2.56. The van der Waals surface area contributed by atoms with Crippen LogP contribution in [-0.2, 0) is 0 Å². The Balaban J connectivity index is 2.15. The van der Waals surface area contributed by atoms with Crippen LogP contribution in [0.2, 0.25) is 0 Å². The van der Waals surface area contributed by atoms with Crippen molar-refractivity contribution >= 4 is 39.7 Å². The normalized spacial score (nSPS) is 19.0. The van der Waals surface area contributed by atoms with Crippen molar-refractivity contribution in [1.82, 2.24) is 9.80 Å². The minimum absolute atomic E-state index is 0.0289. The fourth-order valence-corrected chi connectivity index (χ4v) is 4.62. The molecule has 0 aliphatic carbocycles. The topological polar surface area (TPSA) is 61.6 Å². The Hall–Kier alpha value is -0.920. The first-order valence-corrected chi connectivity index (χ1v) is 9.11. The maximum Gasteiger partial charge on any atom is 0.265 e. The zero-order valence-corrected chi connectivity index (χ0v) is 14.7. The molecule has 0 radical (unpaired) electrons. The number of nitrogens with two attached hydrogens (primary N) is 1. The van der Waals surface area contributed by atoms with Crippen LogP contribution in [0.3, 0.4) is 0 Å². The zero-order chi connectivity index (χ0) is 15.6. The molecule has 3 N–H and O–H groups in total. The summed E-state index contributed by atoms with van der Waals surface area (Å²) in [6.07, 6.45) is 4.48. The van der Waals surface area contributed by atoms with E-state index in [4.69, 9.17) is 5.73 Å². The third-order valence-corrected chi connectivity index (χ3v) is 5.99. The van der Waals surface area contributed by atoms with Crippen LogP contribution in [-0.4, -0.2) is 62.2 Å². The summed E-state index contributed by atoms with van der Waals surface area (Å²) in [7, 11) is 5.67. The number of carbonyl (C=O) groups is 1. The van der Waals surface area contributed by atoms with Crippen molar-refractivity contribution in [3.05, 3.63) is 4.88 Å². The number of likely N-dealkylation sites (N-methyl/N-ethyl adjacent to an activating group) is 1. The lowest BCUT2D eigenvalue weighted by molar-refractivity contribution is 0.0833. The number of likely N-dealkylation sites (tertiary alicyclic amines) is 1. The van der Waals surface area contributed by atoms with Gasteiger partial charge in [0.2, 0.25) is 0 Å². The van der Waals surface area contributed by atoms with Gasteiger partial charge in [-0.25, -0.2) is 0 Å². The van der Waals surface area contributed by atoms with Crippen molar-refractivity contribution in [2.24, 2.45) is 0 Å². The molecule has 0 bridgehead atoms. The number of thiophene rings is 1. The summed E-state index contributed by atoms with van der Waals surface area (Å²) in [5, 5.41) is 4.52. The van der Waals surface area contributed by atoms with Crippen molar-refractivity contribution in [2.75, 3.05) is 51.5 Å². The van der Waals surface area contributed by atoms with Crippen LogP contribution in [0, 0.1) is 0 Å². The molecule has 1 aliphatic rings. The summed E-state index contributed by atoms with van der Waals surface area (Å²) < 4.78 is 0. The van der Waals surface area contributed by atoms with Gasteiger partial charge in [0.15, 0.2) is 0 Å². The average molecular weight is 329 g/mol. The standard InChI is InChI=1S/C14H24N4OS2/c1-17(2)14(19)12-10(15)11(20-4)13(21-12)16-8-9-6-5-7-18(9)3/h9,16H,5-8,15H2,1-4H3. The van der Waals surface area contributed by atoms with E-state index in [2.05, 4.69) is 17.3 Å². The van der Waals surface area contributed by atoms with E-state index in [1.165, 1.54) is 30.7 Å². The molecule has 1 amide bonds. The van der Waals surface area contributed by atoms with Crippen LogP contribution in [0.15, 0.2) is 4.90 Å². The number of amides is 1.